The molecule has 1 nitrogen and oxygen atoms in total. The van der Waals surface area contributed by atoms with E-state index in [0.29, 0.717) is 5.41 Å². The van der Waals surface area contributed by atoms with Gasteiger partial charge in [-0.3, -0.25) is 0 Å². The fourth-order valence-electron chi connectivity index (χ4n) is 2.01. The number of rotatable bonds is 1. The van der Waals surface area contributed by atoms with Crippen molar-refractivity contribution in [2.75, 3.05) is 13.1 Å². The molecule has 0 aliphatic carbocycles. The molecule has 0 radical (unpaired) electrons. The van der Waals surface area contributed by atoms with E-state index < -0.39 is 0 Å². The Balaban J connectivity index is 2.64. The van der Waals surface area contributed by atoms with Crippen molar-refractivity contribution in [3.63, 3.8) is 0 Å². The molecule has 1 unspecified atom stereocenters. The van der Waals surface area contributed by atoms with E-state index in [1.54, 1.807) is 0 Å². The molecule has 66 valence electrons. The Morgan fingerprint density at radius 1 is 1.45 bits per heavy atom. The smallest absolute Gasteiger partial charge is 0.00178 e. The van der Waals surface area contributed by atoms with E-state index in [-0.39, 0.29) is 0 Å². The third-order valence-corrected chi connectivity index (χ3v) is 3.74. The van der Waals surface area contributed by atoms with Crippen molar-refractivity contribution in [1.29, 1.82) is 0 Å². The van der Waals surface area contributed by atoms with E-state index in [1.165, 1.54) is 19.5 Å². The predicted molar refractivity (Wildman–Crippen MR) is 49.6 cm³/mol. The van der Waals surface area contributed by atoms with Gasteiger partial charge < -0.3 is 5.32 Å². The van der Waals surface area contributed by atoms with Crippen molar-refractivity contribution >= 4 is 0 Å². The molecule has 0 saturated carbocycles. The number of piperidine rings is 1. The third kappa shape index (κ3) is 1.58. The van der Waals surface area contributed by atoms with Gasteiger partial charge in [0.25, 0.3) is 0 Å². The van der Waals surface area contributed by atoms with E-state index in [0.717, 1.165) is 11.8 Å². The number of nitrogens with one attached hydrogen (secondary N) is 1. The summed E-state index contributed by atoms with van der Waals surface area (Å²) in [7, 11) is 0. The standard InChI is InChI=1S/C10H21N/c1-8(2)10(4)5-6-11-7-9(10)3/h8-9,11H,5-7H2,1-4H3/t9-,10?/m1/s1. The van der Waals surface area contributed by atoms with Crippen LogP contribution in [0, 0.1) is 17.3 Å². The lowest BCUT2D eigenvalue weighted by Crippen LogP contribution is -2.44. The maximum atomic E-state index is 3.44. The molecule has 1 aliphatic heterocycles. The van der Waals surface area contributed by atoms with Crippen molar-refractivity contribution in [1.82, 2.24) is 5.32 Å². The zero-order valence-electron chi connectivity index (χ0n) is 8.28. The lowest BCUT2D eigenvalue weighted by Gasteiger charge is -2.43. The fraction of sp³-hybridized carbons (Fsp3) is 1.00. The molecule has 11 heavy (non-hydrogen) atoms. The summed E-state index contributed by atoms with van der Waals surface area (Å²) in [4.78, 5) is 0. The molecular formula is C10H21N. The minimum absolute atomic E-state index is 0.575. The van der Waals surface area contributed by atoms with Crippen molar-refractivity contribution in [2.24, 2.45) is 17.3 Å². The van der Waals surface area contributed by atoms with E-state index in [2.05, 4.69) is 33.0 Å². The summed E-state index contributed by atoms with van der Waals surface area (Å²) in [6, 6.07) is 0. The molecule has 1 aliphatic rings. The Kier molecular flexibility index (Phi) is 2.58. The average Bonchev–Trinajstić information content (AvgIpc) is 1.95. The molecular weight excluding hydrogens is 134 g/mol. The van der Waals surface area contributed by atoms with Gasteiger partial charge in [0.15, 0.2) is 0 Å². The van der Waals surface area contributed by atoms with Crippen molar-refractivity contribution < 1.29 is 0 Å². The number of hydrogen-bond donors (Lipinski definition) is 1. The van der Waals surface area contributed by atoms with Crippen molar-refractivity contribution in [2.45, 2.75) is 34.1 Å². The second-order valence-corrected chi connectivity index (χ2v) is 4.52. The lowest BCUT2D eigenvalue weighted by atomic mass is 9.66. The summed E-state index contributed by atoms with van der Waals surface area (Å²) in [5.74, 6) is 1.65. The van der Waals surface area contributed by atoms with Gasteiger partial charge in [-0.05, 0) is 36.8 Å². The largest absolute Gasteiger partial charge is 0.316 e. The molecule has 1 N–H and O–H groups in total. The third-order valence-electron chi connectivity index (χ3n) is 3.74. The lowest BCUT2D eigenvalue weighted by molar-refractivity contribution is 0.0845. The van der Waals surface area contributed by atoms with Gasteiger partial charge in [-0.1, -0.05) is 27.7 Å². The van der Waals surface area contributed by atoms with E-state index in [1.807, 2.05) is 0 Å². The molecule has 1 fully saturated rings. The van der Waals surface area contributed by atoms with Gasteiger partial charge in [-0.25, -0.2) is 0 Å². The maximum Gasteiger partial charge on any atom is -0.00178 e. The van der Waals surface area contributed by atoms with Crippen LogP contribution in [0.15, 0.2) is 0 Å². The zero-order chi connectivity index (χ0) is 8.48. The average molecular weight is 155 g/mol. The van der Waals surface area contributed by atoms with Gasteiger partial charge in [0.05, 0.1) is 0 Å². The van der Waals surface area contributed by atoms with Gasteiger partial charge in [0.2, 0.25) is 0 Å². The molecule has 0 aromatic rings. The Labute approximate surface area is 70.6 Å². The van der Waals surface area contributed by atoms with Crippen LogP contribution in [0.2, 0.25) is 0 Å². The summed E-state index contributed by atoms with van der Waals surface area (Å²) >= 11 is 0. The first kappa shape index (κ1) is 9.05. The Hall–Kier alpha value is -0.0400. The Morgan fingerprint density at radius 3 is 2.45 bits per heavy atom. The first-order valence-electron chi connectivity index (χ1n) is 4.78. The SMILES string of the molecule is CC(C)C1(C)CCNC[C@H]1C. The van der Waals surface area contributed by atoms with Gasteiger partial charge in [-0.15, -0.1) is 0 Å². The second kappa shape index (κ2) is 3.14. The van der Waals surface area contributed by atoms with Crippen LogP contribution >= 0.6 is 0 Å². The maximum absolute atomic E-state index is 3.44. The molecule has 1 heteroatoms. The quantitative estimate of drug-likeness (QED) is 0.612. The first-order valence-corrected chi connectivity index (χ1v) is 4.78. The second-order valence-electron chi connectivity index (χ2n) is 4.52. The van der Waals surface area contributed by atoms with E-state index >= 15 is 0 Å². The molecule has 1 saturated heterocycles. The van der Waals surface area contributed by atoms with Crippen LogP contribution in [0.3, 0.4) is 0 Å². The van der Waals surface area contributed by atoms with Crippen LogP contribution in [0.25, 0.3) is 0 Å². The highest BCUT2D eigenvalue weighted by molar-refractivity contribution is 4.88. The molecule has 0 spiro atoms. The normalized spacial score (nSPS) is 39.5. The Morgan fingerprint density at radius 2 is 2.09 bits per heavy atom. The van der Waals surface area contributed by atoms with Crippen molar-refractivity contribution in [3.8, 4) is 0 Å². The zero-order valence-corrected chi connectivity index (χ0v) is 8.28. The van der Waals surface area contributed by atoms with Gasteiger partial charge >= 0.3 is 0 Å². The molecule has 1 rings (SSSR count). The van der Waals surface area contributed by atoms with Crippen LogP contribution in [0.4, 0.5) is 0 Å². The minimum Gasteiger partial charge on any atom is -0.316 e. The highest BCUT2D eigenvalue weighted by Gasteiger charge is 2.35. The molecule has 0 aromatic heterocycles. The van der Waals surface area contributed by atoms with E-state index in [9.17, 15) is 0 Å². The van der Waals surface area contributed by atoms with Gasteiger partial charge in [0, 0.05) is 0 Å². The summed E-state index contributed by atoms with van der Waals surface area (Å²) in [6.07, 6.45) is 1.34. The molecule has 2 atom stereocenters. The highest BCUT2D eigenvalue weighted by atomic mass is 14.9. The molecule has 0 aromatic carbocycles. The molecule has 0 bridgehead atoms. The van der Waals surface area contributed by atoms with Crippen LogP contribution in [0.1, 0.15) is 34.1 Å². The van der Waals surface area contributed by atoms with Crippen LogP contribution < -0.4 is 5.32 Å². The van der Waals surface area contributed by atoms with Crippen LogP contribution in [0.5, 0.6) is 0 Å². The molecule has 1 heterocycles. The van der Waals surface area contributed by atoms with Crippen molar-refractivity contribution in [3.05, 3.63) is 0 Å². The summed E-state index contributed by atoms with van der Waals surface area (Å²) in [5, 5.41) is 3.44. The topological polar surface area (TPSA) is 12.0 Å². The first-order chi connectivity index (χ1) is 5.07. The van der Waals surface area contributed by atoms with Crippen LogP contribution in [-0.4, -0.2) is 13.1 Å². The monoisotopic (exact) mass is 155 g/mol. The highest BCUT2D eigenvalue weighted by Crippen LogP contribution is 2.39. The van der Waals surface area contributed by atoms with Gasteiger partial charge in [0.1, 0.15) is 0 Å². The summed E-state index contributed by atoms with van der Waals surface area (Å²) in [6.45, 7) is 11.9. The van der Waals surface area contributed by atoms with E-state index in [4.69, 9.17) is 0 Å². The summed E-state index contributed by atoms with van der Waals surface area (Å²) in [5.41, 5.74) is 0.575. The van der Waals surface area contributed by atoms with Crippen LogP contribution in [-0.2, 0) is 0 Å². The van der Waals surface area contributed by atoms with Gasteiger partial charge in [-0.2, -0.15) is 0 Å². The predicted octanol–water partition coefficient (Wildman–Crippen LogP) is 2.28. The minimum atomic E-state index is 0.575. The number of hydrogen-bond acceptors (Lipinski definition) is 1. The summed E-state index contributed by atoms with van der Waals surface area (Å²) < 4.78 is 0. The Bertz CT molecular complexity index is 131. The fourth-order valence-corrected chi connectivity index (χ4v) is 2.01. The molecule has 0 amide bonds.